The summed E-state index contributed by atoms with van der Waals surface area (Å²) >= 11 is 0. The van der Waals surface area contributed by atoms with Gasteiger partial charge in [-0.25, -0.2) is 0 Å². The summed E-state index contributed by atoms with van der Waals surface area (Å²) in [6, 6.07) is 0. The molecule has 0 rings (SSSR count). The molecule has 0 N–H and O–H groups in total. The number of methoxy groups -OCH3 is 2. The average Bonchev–Trinajstić information content (AvgIpc) is 2.04. The van der Waals surface area contributed by atoms with Crippen LogP contribution in [-0.4, -0.2) is 26.2 Å². The molecular weight excluding hydrogens is 194 g/mol. The Bertz CT molecular complexity index is 142. The van der Waals surface area contributed by atoms with E-state index >= 15 is 0 Å². The molecule has 13 heavy (non-hydrogen) atoms. The molecule has 0 saturated heterocycles. The Morgan fingerprint density at radius 1 is 1.00 bits per heavy atom. The van der Waals surface area contributed by atoms with Crippen LogP contribution in [0, 0.1) is 0 Å². The number of carbonyl (C=O) groups excluding carboxylic acids is 2. The van der Waals surface area contributed by atoms with Crippen molar-refractivity contribution in [2.45, 2.75) is 19.3 Å². The molecule has 0 saturated carbocycles. The van der Waals surface area contributed by atoms with Gasteiger partial charge < -0.3 is 12.3 Å². The van der Waals surface area contributed by atoms with Crippen molar-refractivity contribution in [2.75, 3.05) is 14.2 Å². The van der Waals surface area contributed by atoms with E-state index in [-0.39, 0.29) is 86.7 Å². The minimum absolute atomic E-state index is 0. The first-order valence-corrected chi connectivity index (χ1v) is 3.34. The molecule has 0 spiro atoms. The maximum Gasteiger partial charge on any atom is 1.00 e. The summed E-state index contributed by atoms with van der Waals surface area (Å²) in [7, 11) is 2.64. The SMILES string of the molecule is COC(=O)CCCC(=O)OC.[H-].[H-].[Na+].[Na+]. The van der Waals surface area contributed by atoms with E-state index in [1.807, 2.05) is 0 Å². The van der Waals surface area contributed by atoms with E-state index in [9.17, 15) is 9.59 Å². The van der Waals surface area contributed by atoms with Crippen LogP contribution in [0.25, 0.3) is 0 Å². The van der Waals surface area contributed by atoms with Gasteiger partial charge in [0.15, 0.2) is 0 Å². The van der Waals surface area contributed by atoms with Gasteiger partial charge in [0.05, 0.1) is 14.2 Å². The fraction of sp³-hybridized carbons (Fsp3) is 0.714. The normalized spacial score (nSPS) is 7.54. The fourth-order valence-electron chi connectivity index (χ4n) is 0.581. The minimum Gasteiger partial charge on any atom is -1.00 e. The van der Waals surface area contributed by atoms with E-state index in [1.165, 1.54) is 14.2 Å². The van der Waals surface area contributed by atoms with Crippen LogP contribution in [0.4, 0.5) is 0 Å². The molecule has 0 aromatic heterocycles. The van der Waals surface area contributed by atoms with Gasteiger partial charge in [-0.15, -0.1) is 0 Å². The first-order chi connectivity index (χ1) is 5.20. The fourth-order valence-corrected chi connectivity index (χ4v) is 0.581. The summed E-state index contributed by atoms with van der Waals surface area (Å²) in [6.07, 6.45) is 1.02. The van der Waals surface area contributed by atoms with E-state index in [0.29, 0.717) is 6.42 Å². The summed E-state index contributed by atoms with van der Waals surface area (Å²) in [4.78, 5) is 21.0. The summed E-state index contributed by atoms with van der Waals surface area (Å²) < 4.78 is 8.75. The van der Waals surface area contributed by atoms with Gasteiger partial charge in [-0.05, 0) is 6.42 Å². The molecule has 6 heteroatoms. The second kappa shape index (κ2) is 12.9. The quantitative estimate of drug-likeness (QED) is 0.342. The van der Waals surface area contributed by atoms with Crippen molar-refractivity contribution in [3.63, 3.8) is 0 Å². The van der Waals surface area contributed by atoms with Crippen molar-refractivity contribution in [1.29, 1.82) is 0 Å². The molecule has 0 aliphatic heterocycles. The van der Waals surface area contributed by atoms with E-state index in [0.717, 1.165) is 0 Å². The monoisotopic (exact) mass is 208 g/mol. The number of esters is 2. The molecule has 0 bridgehead atoms. The molecular formula is C7H14Na2O4. The number of carbonyl (C=O) groups is 2. The van der Waals surface area contributed by atoms with Gasteiger partial charge in [0, 0.05) is 12.8 Å². The Kier molecular flexibility index (Phi) is 19.4. The van der Waals surface area contributed by atoms with Crippen LogP contribution >= 0.6 is 0 Å². The molecule has 0 fully saturated rings. The molecule has 0 aromatic rings. The largest absolute Gasteiger partial charge is 1.00 e. The zero-order chi connectivity index (χ0) is 8.69. The third-order valence-corrected chi connectivity index (χ3v) is 1.22. The van der Waals surface area contributed by atoms with E-state index in [2.05, 4.69) is 9.47 Å². The van der Waals surface area contributed by atoms with Crippen molar-refractivity contribution < 1.29 is 81.0 Å². The first-order valence-electron chi connectivity index (χ1n) is 3.34. The molecule has 0 atom stereocenters. The van der Waals surface area contributed by atoms with Crippen LogP contribution in [0.3, 0.4) is 0 Å². The molecule has 0 aliphatic carbocycles. The molecule has 0 aromatic carbocycles. The van der Waals surface area contributed by atoms with E-state index in [1.54, 1.807) is 0 Å². The first kappa shape index (κ1) is 19.5. The Morgan fingerprint density at radius 3 is 1.54 bits per heavy atom. The van der Waals surface area contributed by atoms with Gasteiger partial charge in [-0.2, -0.15) is 0 Å². The Morgan fingerprint density at radius 2 is 1.31 bits per heavy atom. The summed E-state index contributed by atoms with van der Waals surface area (Å²) in [6.45, 7) is 0. The van der Waals surface area contributed by atoms with Gasteiger partial charge in [0.1, 0.15) is 0 Å². The second-order valence-electron chi connectivity index (χ2n) is 2.01. The molecule has 4 nitrogen and oxygen atoms in total. The maximum atomic E-state index is 10.5. The summed E-state index contributed by atoms with van der Waals surface area (Å²) in [5, 5.41) is 0. The number of hydrogen-bond donors (Lipinski definition) is 0. The molecule has 0 aliphatic rings. The van der Waals surface area contributed by atoms with Crippen molar-refractivity contribution in [1.82, 2.24) is 0 Å². The second-order valence-corrected chi connectivity index (χ2v) is 2.01. The maximum absolute atomic E-state index is 10.5. The van der Waals surface area contributed by atoms with Gasteiger partial charge in [-0.3, -0.25) is 9.59 Å². The molecule has 68 valence electrons. The van der Waals surface area contributed by atoms with Crippen LogP contribution in [0.1, 0.15) is 22.1 Å². The standard InChI is InChI=1S/C7H12O4.2Na.2H/c1-10-6(8)4-3-5-7(9)11-2;;;;/h3-5H2,1-2H3;;;;/q;2*+1;2*-1. The van der Waals surface area contributed by atoms with Crippen molar-refractivity contribution >= 4 is 11.9 Å². The van der Waals surface area contributed by atoms with Crippen LogP contribution in [-0.2, 0) is 19.1 Å². The topological polar surface area (TPSA) is 52.6 Å². The average molecular weight is 208 g/mol. The van der Waals surface area contributed by atoms with Gasteiger partial charge in [0.2, 0.25) is 0 Å². The zero-order valence-electron chi connectivity index (χ0n) is 10.8. The molecule has 0 radical (unpaired) electrons. The summed E-state index contributed by atoms with van der Waals surface area (Å²) in [5.74, 6) is -0.595. The molecule has 0 unspecified atom stereocenters. The van der Waals surface area contributed by atoms with Crippen molar-refractivity contribution in [3.05, 3.63) is 0 Å². The molecule has 0 heterocycles. The van der Waals surface area contributed by atoms with Crippen LogP contribution < -0.4 is 59.1 Å². The van der Waals surface area contributed by atoms with E-state index < -0.39 is 0 Å². The third kappa shape index (κ3) is 12.9. The number of hydrogen-bond acceptors (Lipinski definition) is 4. The van der Waals surface area contributed by atoms with Crippen LogP contribution in [0.5, 0.6) is 0 Å². The Hall–Kier alpha value is 0.940. The third-order valence-electron chi connectivity index (χ3n) is 1.22. The number of ether oxygens (including phenoxy) is 2. The predicted octanol–water partition coefficient (Wildman–Crippen LogP) is -5.26. The number of rotatable bonds is 4. The minimum atomic E-state index is -0.297. The van der Waals surface area contributed by atoms with Gasteiger partial charge in [-0.1, -0.05) is 0 Å². The van der Waals surface area contributed by atoms with Gasteiger partial charge >= 0.3 is 71.1 Å². The summed E-state index contributed by atoms with van der Waals surface area (Å²) in [5.41, 5.74) is 0. The Labute approximate surface area is 125 Å². The van der Waals surface area contributed by atoms with E-state index in [4.69, 9.17) is 0 Å². The van der Waals surface area contributed by atoms with Crippen molar-refractivity contribution in [3.8, 4) is 0 Å². The van der Waals surface area contributed by atoms with Crippen LogP contribution in [0.2, 0.25) is 0 Å². The van der Waals surface area contributed by atoms with Crippen LogP contribution in [0.15, 0.2) is 0 Å². The predicted molar refractivity (Wildman–Crippen MR) is 40.1 cm³/mol. The van der Waals surface area contributed by atoms with Gasteiger partial charge in [0.25, 0.3) is 0 Å². The smallest absolute Gasteiger partial charge is 1.00 e. The molecule has 0 amide bonds. The Balaban J connectivity index is -0.0000000833. The zero-order valence-corrected chi connectivity index (χ0v) is 12.8. The van der Waals surface area contributed by atoms with Crippen molar-refractivity contribution in [2.24, 2.45) is 0 Å².